The van der Waals surface area contributed by atoms with Gasteiger partial charge < -0.3 is 28.5 Å². The smallest absolute Gasteiger partial charge is 0.361 e. The number of aliphatic carboxylic acids is 1. The van der Waals surface area contributed by atoms with Crippen LogP contribution in [0.25, 0.3) is 0 Å². The summed E-state index contributed by atoms with van der Waals surface area (Å²) in [7, 11) is 5.93. The lowest BCUT2D eigenvalue weighted by atomic mass is 10.1. The molecule has 2 unspecified atom stereocenters. The van der Waals surface area contributed by atoms with Crippen molar-refractivity contribution in [1.29, 1.82) is 0 Å². The molecule has 0 aromatic heterocycles. The van der Waals surface area contributed by atoms with Gasteiger partial charge in [0.05, 0.1) is 34.4 Å². The summed E-state index contributed by atoms with van der Waals surface area (Å²) in [5.41, 5.74) is 0. The summed E-state index contributed by atoms with van der Waals surface area (Å²) in [6.07, 6.45) is 51.1. The second-order valence-electron chi connectivity index (χ2n) is 17.0. The van der Waals surface area contributed by atoms with E-state index < -0.39 is 24.3 Å². The highest BCUT2D eigenvalue weighted by Gasteiger charge is 2.25. The van der Waals surface area contributed by atoms with Crippen molar-refractivity contribution in [3.8, 4) is 0 Å². The van der Waals surface area contributed by atoms with E-state index in [0.717, 1.165) is 64.2 Å². The minimum absolute atomic E-state index is 0.175. The number of carbonyl (C=O) groups excluding carboxylic acids is 2. The number of allylic oxidation sites excluding steroid dienone is 12. The van der Waals surface area contributed by atoms with Gasteiger partial charge >= 0.3 is 17.9 Å². The molecular formula is C52H90NO8+. The third kappa shape index (κ3) is 44.6. The lowest BCUT2D eigenvalue weighted by Crippen LogP contribution is -2.40. The van der Waals surface area contributed by atoms with Crippen LogP contribution in [0.1, 0.15) is 181 Å². The van der Waals surface area contributed by atoms with Crippen LogP contribution in [0.5, 0.6) is 0 Å². The molecule has 0 rings (SSSR count). The highest BCUT2D eigenvalue weighted by atomic mass is 16.7. The Morgan fingerprint density at radius 3 is 1.43 bits per heavy atom. The molecule has 0 spiro atoms. The third-order valence-corrected chi connectivity index (χ3v) is 9.95. The van der Waals surface area contributed by atoms with Crippen LogP contribution in [-0.2, 0) is 33.3 Å². The van der Waals surface area contributed by atoms with E-state index in [9.17, 15) is 19.5 Å². The van der Waals surface area contributed by atoms with E-state index in [-0.39, 0.29) is 38.6 Å². The van der Waals surface area contributed by atoms with Gasteiger partial charge in [-0.2, -0.15) is 0 Å². The van der Waals surface area contributed by atoms with Crippen molar-refractivity contribution in [2.24, 2.45) is 0 Å². The van der Waals surface area contributed by atoms with Crippen molar-refractivity contribution < 1.29 is 42.9 Å². The first-order chi connectivity index (χ1) is 29.6. The van der Waals surface area contributed by atoms with Crippen molar-refractivity contribution in [2.45, 2.75) is 193 Å². The van der Waals surface area contributed by atoms with Gasteiger partial charge in [0.25, 0.3) is 6.29 Å². The molecular weight excluding hydrogens is 767 g/mol. The SMILES string of the molecule is CC/C=C\C/C=C\C/C=C\C/C=C\CCCCC(=O)OC(COC(=O)CCCCCCCCCCC/C=C\C/C=C\CCCCCCC)COC(OCC[N+](C)(C)C)C(=O)O. The van der Waals surface area contributed by atoms with E-state index in [1.54, 1.807) is 0 Å². The van der Waals surface area contributed by atoms with Crippen LogP contribution in [0.15, 0.2) is 72.9 Å². The Morgan fingerprint density at radius 1 is 0.508 bits per heavy atom. The van der Waals surface area contributed by atoms with Gasteiger partial charge in [0, 0.05) is 12.8 Å². The summed E-state index contributed by atoms with van der Waals surface area (Å²) in [4.78, 5) is 37.2. The lowest BCUT2D eigenvalue weighted by molar-refractivity contribution is -0.870. The summed E-state index contributed by atoms with van der Waals surface area (Å²) in [5.74, 6) is -2.08. The van der Waals surface area contributed by atoms with Crippen LogP contribution in [0, 0.1) is 0 Å². The predicted octanol–water partition coefficient (Wildman–Crippen LogP) is 13.1. The molecule has 0 radical (unpaired) electrons. The maximum Gasteiger partial charge on any atom is 0.361 e. The molecule has 0 bridgehead atoms. The zero-order chi connectivity index (χ0) is 44.9. The fourth-order valence-corrected chi connectivity index (χ4v) is 6.21. The van der Waals surface area contributed by atoms with Gasteiger partial charge in [0.1, 0.15) is 13.2 Å². The fraction of sp³-hybridized carbons (Fsp3) is 0.712. The van der Waals surface area contributed by atoms with Gasteiger partial charge in [-0.1, -0.05) is 157 Å². The number of likely N-dealkylation sites (N-methyl/N-ethyl adjacent to an activating group) is 1. The first-order valence-corrected chi connectivity index (χ1v) is 24.1. The van der Waals surface area contributed by atoms with Crippen LogP contribution < -0.4 is 0 Å². The first-order valence-electron chi connectivity index (χ1n) is 24.1. The quantitative estimate of drug-likeness (QED) is 0.0212. The molecule has 0 aliphatic heterocycles. The molecule has 1 N–H and O–H groups in total. The number of carbonyl (C=O) groups is 3. The van der Waals surface area contributed by atoms with E-state index in [1.807, 2.05) is 21.1 Å². The molecule has 2 atom stereocenters. The lowest BCUT2D eigenvalue weighted by Gasteiger charge is -2.25. The summed E-state index contributed by atoms with van der Waals surface area (Å²) in [6.45, 7) is 4.68. The van der Waals surface area contributed by atoms with Gasteiger partial charge in [0.15, 0.2) is 6.10 Å². The van der Waals surface area contributed by atoms with Crippen LogP contribution in [0.2, 0.25) is 0 Å². The first kappa shape index (κ1) is 57.7. The molecule has 0 aromatic carbocycles. The topological polar surface area (TPSA) is 108 Å². The number of rotatable bonds is 43. The van der Waals surface area contributed by atoms with Crippen molar-refractivity contribution >= 4 is 17.9 Å². The number of esters is 2. The van der Waals surface area contributed by atoms with Gasteiger partial charge in [-0.25, -0.2) is 4.79 Å². The third-order valence-electron chi connectivity index (χ3n) is 9.95. The molecule has 0 aliphatic carbocycles. The Balaban J connectivity index is 4.43. The van der Waals surface area contributed by atoms with E-state index in [1.165, 1.54) is 83.5 Å². The number of carboxylic acids is 1. The number of ether oxygens (including phenoxy) is 4. The van der Waals surface area contributed by atoms with Gasteiger partial charge in [-0.15, -0.1) is 0 Å². The molecule has 0 aromatic rings. The summed E-state index contributed by atoms with van der Waals surface area (Å²) in [6, 6.07) is 0. The Labute approximate surface area is 373 Å². The molecule has 0 heterocycles. The summed E-state index contributed by atoms with van der Waals surface area (Å²) < 4.78 is 22.7. The minimum Gasteiger partial charge on any atom is -0.477 e. The molecule has 0 amide bonds. The average Bonchev–Trinajstić information content (AvgIpc) is 3.22. The molecule has 9 heteroatoms. The van der Waals surface area contributed by atoms with Crippen LogP contribution >= 0.6 is 0 Å². The Bertz CT molecular complexity index is 1230. The Kier molecular flexibility index (Phi) is 41.1. The maximum atomic E-state index is 12.8. The monoisotopic (exact) mass is 857 g/mol. The highest BCUT2D eigenvalue weighted by molar-refractivity contribution is 5.71. The number of nitrogens with zero attached hydrogens (tertiary/aromatic N) is 1. The zero-order valence-electron chi connectivity index (χ0n) is 39.5. The zero-order valence-corrected chi connectivity index (χ0v) is 39.5. The number of unbranched alkanes of at least 4 members (excludes halogenated alkanes) is 16. The molecule has 0 aliphatic rings. The molecule has 9 nitrogen and oxygen atoms in total. The summed E-state index contributed by atoms with van der Waals surface area (Å²) >= 11 is 0. The number of hydrogen-bond donors (Lipinski definition) is 1. The van der Waals surface area contributed by atoms with Gasteiger partial charge in [-0.3, -0.25) is 9.59 Å². The Hall–Kier alpha value is -3.27. The standard InChI is InChI=1S/C52H89NO8/c1-6-8-10-12-14-16-18-20-22-23-24-25-26-27-29-30-32-34-36-38-40-42-49(54)59-46-48(47-60-52(51(56)57)58-45-44-53(3,4)5)61-50(55)43-41-39-37-35-33-31-28-21-19-17-15-13-11-9-7-2/h9,11,15,17-18,20-21,23-24,28,33,35,48,52H,6-8,10,12-14,16,19,22,25-27,29-32,34,36-47H2,1-5H3/p+1/b11-9-,17-15-,20-18-,24-23-,28-21-,35-33-. The maximum absolute atomic E-state index is 12.8. The molecule has 0 saturated heterocycles. The van der Waals surface area contributed by atoms with Crippen molar-refractivity contribution in [2.75, 3.05) is 47.5 Å². The molecule has 0 saturated carbocycles. The highest BCUT2D eigenvalue weighted by Crippen LogP contribution is 2.13. The van der Waals surface area contributed by atoms with Crippen molar-refractivity contribution in [3.05, 3.63) is 72.9 Å². The van der Waals surface area contributed by atoms with Crippen molar-refractivity contribution in [1.82, 2.24) is 0 Å². The van der Waals surface area contributed by atoms with Crippen LogP contribution in [0.3, 0.4) is 0 Å². The largest absolute Gasteiger partial charge is 0.477 e. The van der Waals surface area contributed by atoms with E-state index in [4.69, 9.17) is 18.9 Å². The number of hydrogen-bond acceptors (Lipinski definition) is 7. The van der Waals surface area contributed by atoms with Crippen molar-refractivity contribution in [3.63, 3.8) is 0 Å². The van der Waals surface area contributed by atoms with Crippen LogP contribution in [0.4, 0.5) is 0 Å². The second-order valence-corrected chi connectivity index (χ2v) is 17.0. The van der Waals surface area contributed by atoms with Crippen LogP contribution in [-0.4, -0.2) is 87.4 Å². The minimum atomic E-state index is -1.52. The Morgan fingerprint density at radius 2 is 0.934 bits per heavy atom. The predicted molar refractivity (Wildman–Crippen MR) is 253 cm³/mol. The fourth-order valence-electron chi connectivity index (χ4n) is 6.21. The van der Waals surface area contributed by atoms with E-state index in [0.29, 0.717) is 17.4 Å². The van der Waals surface area contributed by atoms with E-state index >= 15 is 0 Å². The second kappa shape index (κ2) is 43.4. The van der Waals surface area contributed by atoms with Gasteiger partial charge in [0.2, 0.25) is 0 Å². The average molecular weight is 857 g/mol. The number of carboxylic acid groups (broad SMARTS) is 1. The van der Waals surface area contributed by atoms with Gasteiger partial charge in [-0.05, 0) is 83.5 Å². The van der Waals surface area contributed by atoms with E-state index in [2.05, 4.69) is 86.8 Å². The molecule has 0 fully saturated rings. The summed E-state index contributed by atoms with van der Waals surface area (Å²) in [5, 5.41) is 9.65. The normalized spacial score (nSPS) is 13.5. The molecule has 61 heavy (non-hydrogen) atoms. The molecule has 350 valence electrons. The number of quaternary nitrogens is 1.